The van der Waals surface area contributed by atoms with Crippen molar-refractivity contribution in [2.45, 2.75) is 64.4 Å². The zero-order valence-electron chi connectivity index (χ0n) is 22.6. The second-order valence-corrected chi connectivity index (χ2v) is 10.4. The molecular formula is C29H34F3N3O5. The van der Waals surface area contributed by atoms with Crippen molar-refractivity contribution in [3.05, 3.63) is 59.7 Å². The summed E-state index contributed by atoms with van der Waals surface area (Å²) in [4.78, 5) is 43.8. The van der Waals surface area contributed by atoms with Gasteiger partial charge in [-0.1, -0.05) is 51.0 Å². The second-order valence-electron chi connectivity index (χ2n) is 10.4. The Bertz CT molecular complexity index is 1220. The summed E-state index contributed by atoms with van der Waals surface area (Å²) in [7, 11) is 0. The number of carboxylic acids is 1. The number of hydrogen-bond donors (Lipinski definition) is 1. The largest absolute Gasteiger partial charge is 0.573 e. The predicted octanol–water partition coefficient (Wildman–Crippen LogP) is 5.45. The van der Waals surface area contributed by atoms with Crippen LogP contribution in [0.4, 0.5) is 23.7 Å². The number of alkyl halides is 3. The number of rotatable bonds is 10. The van der Waals surface area contributed by atoms with E-state index < -0.39 is 17.9 Å². The molecular weight excluding hydrogens is 527 g/mol. The number of carbonyl (C=O) groups is 3. The number of ether oxygens (including phenoxy) is 1. The summed E-state index contributed by atoms with van der Waals surface area (Å²) in [5.74, 6) is -1.35. The molecule has 2 saturated heterocycles. The van der Waals surface area contributed by atoms with Crippen LogP contribution in [-0.2, 0) is 22.6 Å². The van der Waals surface area contributed by atoms with Gasteiger partial charge in [-0.15, -0.1) is 13.2 Å². The molecule has 2 aliphatic heterocycles. The Balaban J connectivity index is 1.58. The van der Waals surface area contributed by atoms with E-state index in [1.165, 1.54) is 29.2 Å². The molecule has 0 bridgehead atoms. The number of carboxylic acid groups (broad SMARTS) is 1. The molecule has 0 saturated carbocycles. The van der Waals surface area contributed by atoms with Crippen LogP contribution in [0.2, 0.25) is 0 Å². The van der Waals surface area contributed by atoms with E-state index in [1.807, 2.05) is 26.0 Å². The molecule has 2 heterocycles. The number of halogens is 3. The summed E-state index contributed by atoms with van der Waals surface area (Å²) in [6.45, 7) is 5.39. The Morgan fingerprint density at radius 2 is 1.68 bits per heavy atom. The minimum Gasteiger partial charge on any atom is -0.481 e. The lowest BCUT2D eigenvalue weighted by Gasteiger charge is -2.43. The zero-order chi connectivity index (χ0) is 29.1. The third-order valence-electron chi connectivity index (χ3n) is 7.94. The number of piperidine rings is 1. The quantitative estimate of drug-likeness (QED) is 0.388. The molecule has 2 fully saturated rings. The second kappa shape index (κ2) is 11.8. The standard InChI is InChI=1S/C29H34F3N3O5/c1-3-20(4-2)18-34-26(38)28(12-14-33(15-13-28)23-7-5-6-22(16-23)17-25(36)37)35(27(34)39)19-21-8-10-24(11-9-21)40-29(30,31)32/h5-11,16,20H,3-4,12-15,17-19H2,1-2H3,(H,36,37). The first-order chi connectivity index (χ1) is 19.0. The fraction of sp³-hybridized carbons (Fsp3) is 0.483. The van der Waals surface area contributed by atoms with E-state index in [1.54, 1.807) is 17.0 Å². The van der Waals surface area contributed by atoms with Gasteiger partial charge >= 0.3 is 18.4 Å². The number of urea groups is 1. The van der Waals surface area contributed by atoms with E-state index in [4.69, 9.17) is 5.11 Å². The van der Waals surface area contributed by atoms with Crippen LogP contribution in [0.15, 0.2) is 48.5 Å². The van der Waals surface area contributed by atoms with Crippen LogP contribution in [0, 0.1) is 5.92 Å². The fourth-order valence-corrected chi connectivity index (χ4v) is 5.60. The lowest BCUT2D eigenvalue weighted by atomic mass is 9.85. The van der Waals surface area contributed by atoms with Crippen molar-refractivity contribution in [1.82, 2.24) is 9.80 Å². The number of hydrogen-bond acceptors (Lipinski definition) is 5. The van der Waals surface area contributed by atoms with Crippen LogP contribution < -0.4 is 9.64 Å². The van der Waals surface area contributed by atoms with Gasteiger partial charge in [-0.3, -0.25) is 14.5 Å². The Hall–Kier alpha value is -3.76. The van der Waals surface area contributed by atoms with Crippen molar-refractivity contribution < 1.29 is 37.4 Å². The lowest BCUT2D eigenvalue weighted by Crippen LogP contribution is -2.56. The molecule has 0 aromatic heterocycles. The van der Waals surface area contributed by atoms with E-state index in [0.29, 0.717) is 43.6 Å². The van der Waals surface area contributed by atoms with Crippen LogP contribution in [0.25, 0.3) is 0 Å². The third kappa shape index (κ3) is 6.34. The predicted molar refractivity (Wildman–Crippen MR) is 142 cm³/mol. The Kier molecular flexibility index (Phi) is 8.60. The van der Waals surface area contributed by atoms with Crippen LogP contribution >= 0.6 is 0 Å². The number of aliphatic carboxylic acids is 1. The molecule has 2 aliphatic rings. The normalized spacial score (nSPS) is 17.3. The Morgan fingerprint density at radius 3 is 2.25 bits per heavy atom. The van der Waals surface area contributed by atoms with Crippen LogP contribution in [-0.4, -0.2) is 64.3 Å². The molecule has 3 amide bonds. The highest BCUT2D eigenvalue weighted by molar-refractivity contribution is 6.07. The van der Waals surface area contributed by atoms with Gasteiger partial charge in [0.05, 0.1) is 6.42 Å². The van der Waals surface area contributed by atoms with Gasteiger partial charge in [0.1, 0.15) is 11.3 Å². The Labute approximate surface area is 231 Å². The molecule has 1 N–H and O–H groups in total. The fourth-order valence-electron chi connectivity index (χ4n) is 5.60. The number of anilines is 1. The van der Waals surface area contributed by atoms with Gasteiger partial charge in [0, 0.05) is 31.9 Å². The van der Waals surface area contributed by atoms with Gasteiger partial charge in [-0.2, -0.15) is 0 Å². The van der Waals surface area contributed by atoms with Crippen molar-refractivity contribution in [1.29, 1.82) is 0 Å². The molecule has 1 spiro atoms. The minimum absolute atomic E-state index is 0.0738. The first-order valence-corrected chi connectivity index (χ1v) is 13.5. The van der Waals surface area contributed by atoms with Gasteiger partial charge < -0.3 is 19.6 Å². The van der Waals surface area contributed by atoms with Crippen molar-refractivity contribution in [2.75, 3.05) is 24.5 Å². The molecule has 8 nitrogen and oxygen atoms in total. The molecule has 2 aromatic rings. The first-order valence-electron chi connectivity index (χ1n) is 13.5. The number of benzene rings is 2. The highest BCUT2D eigenvalue weighted by atomic mass is 19.4. The average molecular weight is 562 g/mol. The number of imide groups is 1. The topological polar surface area (TPSA) is 90.4 Å². The third-order valence-corrected chi connectivity index (χ3v) is 7.94. The van der Waals surface area contributed by atoms with Gasteiger partial charge in [0.15, 0.2) is 0 Å². The van der Waals surface area contributed by atoms with Gasteiger partial charge in [-0.25, -0.2) is 4.79 Å². The minimum atomic E-state index is -4.81. The zero-order valence-corrected chi connectivity index (χ0v) is 22.6. The van der Waals surface area contributed by atoms with Crippen LogP contribution in [0.5, 0.6) is 5.75 Å². The van der Waals surface area contributed by atoms with E-state index in [9.17, 15) is 27.6 Å². The average Bonchev–Trinajstić information content (AvgIpc) is 3.08. The molecule has 4 rings (SSSR count). The maximum absolute atomic E-state index is 13.9. The van der Waals surface area contributed by atoms with E-state index in [2.05, 4.69) is 9.64 Å². The van der Waals surface area contributed by atoms with Crippen molar-refractivity contribution in [3.8, 4) is 5.75 Å². The first kappa shape index (κ1) is 29.2. The van der Waals surface area contributed by atoms with E-state index in [-0.39, 0.29) is 36.6 Å². The maximum Gasteiger partial charge on any atom is 0.573 e. The summed E-state index contributed by atoms with van der Waals surface area (Å²) in [6, 6.07) is 12.2. The van der Waals surface area contributed by atoms with Gasteiger partial charge in [0.2, 0.25) is 0 Å². The lowest BCUT2D eigenvalue weighted by molar-refractivity contribution is -0.274. The molecule has 0 unspecified atom stereocenters. The molecule has 11 heteroatoms. The number of amides is 3. The van der Waals surface area contributed by atoms with Crippen LogP contribution in [0.1, 0.15) is 50.7 Å². The van der Waals surface area contributed by atoms with Crippen molar-refractivity contribution in [2.24, 2.45) is 5.92 Å². The molecule has 0 aliphatic carbocycles. The summed E-state index contributed by atoms with van der Waals surface area (Å²) in [6.07, 6.45) is -2.52. The van der Waals surface area contributed by atoms with Gasteiger partial charge in [0.25, 0.3) is 5.91 Å². The smallest absolute Gasteiger partial charge is 0.481 e. The highest BCUT2D eigenvalue weighted by Gasteiger charge is 2.58. The van der Waals surface area contributed by atoms with Crippen molar-refractivity contribution >= 4 is 23.6 Å². The summed E-state index contributed by atoms with van der Waals surface area (Å²) in [5.41, 5.74) is 1.04. The summed E-state index contributed by atoms with van der Waals surface area (Å²) in [5, 5.41) is 9.15. The van der Waals surface area contributed by atoms with Crippen LogP contribution in [0.3, 0.4) is 0 Å². The molecule has 40 heavy (non-hydrogen) atoms. The molecule has 2 aromatic carbocycles. The molecule has 216 valence electrons. The number of nitrogens with zero attached hydrogens (tertiary/aromatic N) is 3. The van der Waals surface area contributed by atoms with Crippen molar-refractivity contribution in [3.63, 3.8) is 0 Å². The molecule has 0 radical (unpaired) electrons. The SMILES string of the molecule is CCC(CC)CN1C(=O)N(Cc2ccc(OC(F)(F)F)cc2)C2(CCN(c3cccc(CC(=O)O)c3)CC2)C1=O. The highest BCUT2D eigenvalue weighted by Crippen LogP contribution is 2.40. The van der Waals surface area contributed by atoms with E-state index in [0.717, 1.165) is 18.5 Å². The molecule has 0 atom stereocenters. The summed E-state index contributed by atoms with van der Waals surface area (Å²) < 4.78 is 41.7. The Morgan fingerprint density at radius 1 is 1.02 bits per heavy atom. The number of carbonyl (C=O) groups excluding carboxylic acids is 2. The van der Waals surface area contributed by atoms with Gasteiger partial charge in [-0.05, 0) is 54.2 Å². The van der Waals surface area contributed by atoms with E-state index >= 15 is 0 Å². The summed E-state index contributed by atoms with van der Waals surface area (Å²) >= 11 is 0. The monoisotopic (exact) mass is 561 g/mol. The maximum atomic E-state index is 13.9.